The molecule has 3 amide bonds. The molecule has 1 aliphatic heterocycles. The largest absolute Gasteiger partial charge is 0.495 e. The maximum atomic E-state index is 14.5. The van der Waals surface area contributed by atoms with E-state index in [0.717, 1.165) is 11.3 Å². The van der Waals surface area contributed by atoms with E-state index < -0.39 is 35.4 Å². The third-order valence-electron chi connectivity index (χ3n) is 7.56. The van der Waals surface area contributed by atoms with E-state index in [1.54, 1.807) is 33.2 Å². The summed E-state index contributed by atoms with van der Waals surface area (Å²) in [6.45, 7) is 7.89. The second-order valence-electron chi connectivity index (χ2n) is 11.6. The van der Waals surface area contributed by atoms with Crippen LogP contribution in [0.4, 0.5) is 17.2 Å². The van der Waals surface area contributed by atoms with Gasteiger partial charge in [0.1, 0.15) is 29.7 Å². The van der Waals surface area contributed by atoms with Crippen molar-refractivity contribution in [2.24, 2.45) is 5.41 Å². The highest BCUT2D eigenvalue weighted by Crippen LogP contribution is 2.38. The zero-order valence-electron chi connectivity index (χ0n) is 26.2. The smallest absolute Gasteiger partial charge is 0.257 e. The molecule has 2 aromatic carbocycles. The van der Waals surface area contributed by atoms with Gasteiger partial charge in [0.05, 0.1) is 43.2 Å². The summed E-state index contributed by atoms with van der Waals surface area (Å²) in [5.74, 6) is -0.0262. The summed E-state index contributed by atoms with van der Waals surface area (Å²) in [6.07, 6.45) is 2.79. The maximum absolute atomic E-state index is 14.5. The second kappa shape index (κ2) is 14.7. The zero-order chi connectivity index (χ0) is 31.3. The number of halogens is 1. The summed E-state index contributed by atoms with van der Waals surface area (Å²) < 4.78 is 11.2. The average Bonchev–Trinajstić information content (AvgIpc) is 3.54. The lowest BCUT2D eigenvalue weighted by Crippen LogP contribution is -2.60. The molecule has 4 rings (SSSR count). The molecule has 1 saturated heterocycles. The van der Waals surface area contributed by atoms with Gasteiger partial charge in [-0.2, -0.15) is 0 Å². The van der Waals surface area contributed by atoms with Gasteiger partial charge in [0, 0.05) is 11.5 Å². The van der Waals surface area contributed by atoms with Crippen molar-refractivity contribution in [1.29, 1.82) is 0 Å². The molecule has 238 valence electrons. The number of rotatable bonds is 10. The van der Waals surface area contributed by atoms with Gasteiger partial charge in [-0.3, -0.25) is 14.4 Å². The first kappa shape index (κ1) is 34.5. The molecule has 3 atom stereocenters. The van der Waals surface area contributed by atoms with Crippen molar-refractivity contribution in [1.82, 2.24) is 25.9 Å². The number of amides is 3. The normalized spacial score (nSPS) is 15.9. The number of imide groups is 1. The van der Waals surface area contributed by atoms with Crippen LogP contribution in [0.5, 0.6) is 11.5 Å². The Hall–Kier alpha value is -4.00. The van der Waals surface area contributed by atoms with Crippen LogP contribution < -0.4 is 35.6 Å². The number of nitrogens with zero attached hydrogens (tertiary/aromatic N) is 3. The van der Waals surface area contributed by atoms with E-state index in [1.165, 1.54) is 13.4 Å². The summed E-state index contributed by atoms with van der Waals surface area (Å²) in [5.41, 5.74) is 0.707. The van der Waals surface area contributed by atoms with Gasteiger partial charge >= 0.3 is 0 Å². The Kier molecular flexibility index (Phi) is 11.5. The summed E-state index contributed by atoms with van der Waals surface area (Å²) >= 11 is 0. The summed E-state index contributed by atoms with van der Waals surface area (Å²) in [4.78, 5) is 51.7. The molecule has 4 N–H and O–H groups in total. The number of ether oxygens (including phenoxy) is 2. The predicted molar refractivity (Wildman–Crippen MR) is 173 cm³/mol. The van der Waals surface area contributed by atoms with Crippen molar-refractivity contribution < 1.29 is 23.9 Å². The van der Waals surface area contributed by atoms with Crippen LogP contribution in [0.25, 0.3) is 10.9 Å². The van der Waals surface area contributed by atoms with Gasteiger partial charge in [-0.15, -0.1) is 12.4 Å². The van der Waals surface area contributed by atoms with Gasteiger partial charge in [-0.25, -0.2) is 14.9 Å². The minimum Gasteiger partial charge on any atom is -0.495 e. The molecule has 44 heavy (non-hydrogen) atoms. The first-order valence-electron chi connectivity index (χ1n) is 14.3. The Morgan fingerprint density at radius 3 is 2.39 bits per heavy atom. The van der Waals surface area contributed by atoms with Crippen LogP contribution in [0.3, 0.4) is 0 Å². The molecule has 0 aliphatic carbocycles. The third kappa shape index (κ3) is 7.37. The van der Waals surface area contributed by atoms with E-state index in [0.29, 0.717) is 41.1 Å². The molecule has 0 radical (unpaired) electrons. The molecule has 0 spiro atoms. The van der Waals surface area contributed by atoms with E-state index >= 15 is 0 Å². The monoisotopic (exact) mass is 627 g/mol. The third-order valence-corrected chi connectivity index (χ3v) is 7.56. The molecule has 0 bridgehead atoms. The van der Waals surface area contributed by atoms with Crippen molar-refractivity contribution in [2.45, 2.75) is 58.7 Å². The maximum Gasteiger partial charge on any atom is 0.257 e. The number of fused-ring (bicyclic) bond motifs is 1. The average molecular weight is 628 g/mol. The van der Waals surface area contributed by atoms with E-state index in [9.17, 15) is 14.4 Å². The first-order valence-corrected chi connectivity index (χ1v) is 14.3. The quantitative estimate of drug-likeness (QED) is 0.263. The fourth-order valence-electron chi connectivity index (χ4n) is 4.96. The molecule has 0 saturated carbocycles. The van der Waals surface area contributed by atoms with Crippen LogP contribution >= 0.6 is 12.4 Å². The molecular formula is C31H42ClN7O5. The van der Waals surface area contributed by atoms with E-state index in [1.807, 2.05) is 45.0 Å². The van der Waals surface area contributed by atoms with Crippen molar-refractivity contribution in [3.05, 3.63) is 42.7 Å². The van der Waals surface area contributed by atoms with Gasteiger partial charge in [0.15, 0.2) is 0 Å². The molecule has 1 fully saturated rings. The van der Waals surface area contributed by atoms with Gasteiger partial charge in [-0.1, -0.05) is 32.9 Å². The predicted octanol–water partition coefficient (Wildman–Crippen LogP) is 3.56. The van der Waals surface area contributed by atoms with E-state index in [-0.39, 0.29) is 29.8 Å². The number of methoxy groups -OCH3 is 2. The Morgan fingerprint density at radius 1 is 1.07 bits per heavy atom. The number of aromatic nitrogens is 2. The molecule has 13 heteroatoms. The summed E-state index contributed by atoms with van der Waals surface area (Å²) in [6, 6.07) is 8.60. The highest BCUT2D eigenvalue weighted by Gasteiger charge is 2.42. The second-order valence-corrected chi connectivity index (χ2v) is 11.6. The summed E-state index contributed by atoms with van der Waals surface area (Å²) in [5, 5.41) is 12.8. The molecule has 1 aliphatic rings. The van der Waals surface area contributed by atoms with Crippen molar-refractivity contribution in [3.63, 3.8) is 0 Å². The number of carbonyl (C=O) groups is 3. The van der Waals surface area contributed by atoms with Crippen molar-refractivity contribution in [3.8, 4) is 11.5 Å². The van der Waals surface area contributed by atoms with Crippen molar-refractivity contribution in [2.75, 3.05) is 38.0 Å². The van der Waals surface area contributed by atoms with Crippen LogP contribution in [0.15, 0.2) is 42.7 Å². The molecule has 3 aromatic rings. The van der Waals surface area contributed by atoms with Crippen LogP contribution in [-0.2, 0) is 14.4 Å². The number of para-hydroxylation sites is 2. The number of likely N-dealkylation sites (N-methyl/N-ethyl adjacent to an activating group) is 1. The Bertz CT molecular complexity index is 1490. The molecule has 1 aromatic heterocycles. The first-order chi connectivity index (χ1) is 20.5. The van der Waals surface area contributed by atoms with Gasteiger partial charge < -0.3 is 30.7 Å². The Labute approximate surface area is 264 Å². The Morgan fingerprint density at radius 2 is 1.77 bits per heavy atom. The number of anilines is 3. The highest BCUT2D eigenvalue weighted by atomic mass is 35.5. The zero-order valence-corrected chi connectivity index (χ0v) is 27.0. The fourth-order valence-corrected chi connectivity index (χ4v) is 4.96. The lowest BCUT2D eigenvalue weighted by molar-refractivity contribution is -0.134. The van der Waals surface area contributed by atoms with Gasteiger partial charge in [0.25, 0.3) is 11.8 Å². The number of hydrogen-bond acceptors (Lipinski definition) is 10. The topological polar surface area (TPSA) is 147 Å². The van der Waals surface area contributed by atoms with Gasteiger partial charge in [-0.05, 0) is 57.0 Å². The number of carbonyl (C=O) groups excluding carboxylic acids is 3. The lowest BCUT2D eigenvalue weighted by atomic mass is 9.85. The van der Waals surface area contributed by atoms with E-state index in [2.05, 4.69) is 31.2 Å². The fraction of sp³-hybridized carbons (Fsp3) is 0.452. The highest BCUT2D eigenvalue weighted by molar-refractivity contribution is 6.20. The molecule has 2 heterocycles. The number of benzene rings is 2. The minimum absolute atomic E-state index is 0. The van der Waals surface area contributed by atoms with Crippen molar-refractivity contribution >= 4 is 58.2 Å². The van der Waals surface area contributed by atoms with Crippen LogP contribution in [0.2, 0.25) is 0 Å². The molecular weight excluding hydrogens is 586 g/mol. The lowest BCUT2D eigenvalue weighted by Gasteiger charge is -2.36. The number of hydrogen-bond donors (Lipinski definition) is 4. The summed E-state index contributed by atoms with van der Waals surface area (Å²) in [7, 11) is 4.71. The molecule has 0 unspecified atom stereocenters. The Balaban J connectivity index is 0.00000529. The van der Waals surface area contributed by atoms with Crippen LogP contribution in [-0.4, -0.2) is 73.6 Å². The van der Waals surface area contributed by atoms with Crippen LogP contribution in [0, 0.1) is 5.41 Å². The SMILES string of the molecule is CN[C@@H](C)C(=O)N[C@H](C(=O)N(C(=O)[C@@H]1CCCN1)c1cc2c(Nc3ccccc3OC)ncnc2cc1OC)C(C)(C)C.Cl. The number of nitrogens with one attached hydrogen (secondary N) is 4. The van der Waals surface area contributed by atoms with E-state index in [4.69, 9.17) is 9.47 Å². The van der Waals surface area contributed by atoms with Gasteiger partial charge in [0.2, 0.25) is 5.91 Å². The standard InChI is InChI=1S/C31H41N7O5.ClH/c1-18(32-5)28(39)37-26(31(2,3)4)30(41)38(29(40)21-12-10-14-33-21)23-15-19-22(16-25(23)43-7)34-17-35-27(19)36-20-11-8-9-13-24(20)42-6;/h8-9,11,13,15-18,21,26,32-33H,10,12,14H2,1-7H3,(H,37,39)(H,34,35,36);1H/t18-,21-,26+;/m0./s1. The van der Waals surface area contributed by atoms with Crippen LogP contribution in [0.1, 0.15) is 40.5 Å². The molecule has 12 nitrogen and oxygen atoms in total. The minimum atomic E-state index is -1.03.